The van der Waals surface area contributed by atoms with Crippen LogP contribution in [0.15, 0.2) is 34.2 Å². The summed E-state index contributed by atoms with van der Waals surface area (Å²) in [5.74, 6) is 0.106. The number of benzene rings is 1. The molecule has 0 atom stereocenters. The fraction of sp³-hybridized carbons (Fsp3) is 0.278. The molecule has 0 saturated heterocycles. The van der Waals surface area contributed by atoms with Crippen molar-refractivity contribution in [3.63, 3.8) is 0 Å². The van der Waals surface area contributed by atoms with E-state index in [-0.39, 0.29) is 11.7 Å². The SMILES string of the molecule is CSc1ccccc1NC(=O)CSc1nc(C)c(C)c(C)c1C#N. The number of pyridine rings is 1. The Hall–Kier alpha value is -1.97. The first-order valence-electron chi connectivity index (χ1n) is 7.41. The van der Waals surface area contributed by atoms with Crippen LogP contribution in [0, 0.1) is 32.1 Å². The maximum absolute atomic E-state index is 12.2. The number of nitrogens with one attached hydrogen (secondary N) is 1. The van der Waals surface area contributed by atoms with E-state index in [1.165, 1.54) is 11.8 Å². The van der Waals surface area contributed by atoms with Crippen molar-refractivity contribution < 1.29 is 4.79 Å². The molecule has 1 aromatic carbocycles. The standard InChI is InChI=1S/C18H19N3OS2/c1-11-12(2)14(9-19)18(20-13(11)3)24-10-17(22)21-15-7-5-6-8-16(15)23-4/h5-8H,10H2,1-4H3,(H,21,22). The molecule has 124 valence electrons. The largest absolute Gasteiger partial charge is 0.324 e. The van der Waals surface area contributed by atoms with Crippen LogP contribution < -0.4 is 5.32 Å². The van der Waals surface area contributed by atoms with Crippen molar-refractivity contribution in [3.05, 3.63) is 46.6 Å². The summed E-state index contributed by atoms with van der Waals surface area (Å²) in [4.78, 5) is 17.7. The Labute approximate surface area is 151 Å². The first-order chi connectivity index (χ1) is 11.5. The van der Waals surface area contributed by atoms with Gasteiger partial charge in [-0.25, -0.2) is 4.98 Å². The van der Waals surface area contributed by atoms with E-state index in [9.17, 15) is 10.1 Å². The molecule has 0 unspecified atom stereocenters. The van der Waals surface area contributed by atoms with E-state index < -0.39 is 0 Å². The van der Waals surface area contributed by atoms with Crippen LogP contribution >= 0.6 is 23.5 Å². The molecule has 0 spiro atoms. The molecule has 6 heteroatoms. The lowest BCUT2D eigenvalue weighted by Crippen LogP contribution is -2.15. The quantitative estimate of drug-likeness (QED) is 0.807. The first-order valence-corrected chi connectivity index (χ1v) is 9.62. The van der Waals surface area contributed by atoms with Gasteiger partial charge in [0.05, 0.1) is 17.0 Å². The summed E-state index contributed by atoms with van der Waals surface area (Å²) in [6.45, 7) is 5.79. The number of thioether (sulfide) groups is 2. The molecule has 1 aromatic heterocycles. The van der Waals surface area contributed by atoms with Gasteiger partial charge in [-0.3, -0.25) is 4.79 Å². The number of aryl methyl sites for hydroxylation is 1. The van der Waals surface area contributed by atoms with Crippen molar-refractivity contribution in [2.24, 2.45) is 0 Å². The van der Waals surface area contributed by atoms with Crippen LogP contribution in [0.25, 0.3) is 0 Å². The minimum atomic E-state index is -0.108. The highest BCUT2D eigenvalue weighted by Crippen LogP contribution is 2.28. The smallest absolute Gasteiger partial charge is 0.234 e. The van der Waals surface area contributed by atoms with Crippen molar-refractivity contribution in [1.82, 2.24) is 4.98 Å². The summed E-state index contributed by atoms with van der Waals surface area (Å²) < 4.78 is 0. The van der Waals surface area contributed by atoms with Gasteiger partial charge in [0.25, 0.3) is 0 Å². The molecule has 1 amide bonds. The molecule has 24 heavy (non-hydrogen) atoms. The van der Waals surface area contributed by atoms with Gasteiger partial charge < -0.3 is 5.32 Å². The summed E-state index contributed by atoms with van der Waals surface area (Å²) in [7, 11) is 0. The second-order valence-corrected chi connectivity index (χ2v) is 7.09. The monoisotopic (exact) mass is 357 g/mol. The number of nitrogens with zero attached hydrogens (tertiary/aromatic N) is 2. The molecule has 4 nitrogen and oxygen atoms in total. The van der Waals surface area contributed by atoms with Crippen LogP contribution in [-0.4, -0.2) is 22.9 Å². The van der Waals surface area contributed by atoms with E-state index in [2.05, 4.69) is 16.4 Å². The highest BCUT2D eigenvalue weighted by molar-refractivity contribution is 8.00. The van der Waals surface area contributed by atoms with Crippen LogP contribution in [0.2, 0.25) is 0 Å². The van der Waals surface area contributed by atoms with Gasteiger partial charge in [0.15, 0.2) is 0 Å². The molecule has 0 aliphatic rings. The topological polar surface area (TPSA) is 65.8 Å². The number of rotatable bonds is 5. The van der Waals surface area contributed by atoms with Gasteiger partial charge >= 0.3 is 0 Å². The number of anilines is 1. The zero-order valence-electron chi connectivity index (χ0n) is 14.1. The first kappa shape index (κ1) is 18.4. The van der Waals surface area contributed by atoms with Gasteiger partial charge in [-0.15, -0.1) is 11.8 Å². The average Bonchev–Trinajstić information content (AvgIpc) is 2.58. The number of aromatic nitrogens is 1. The van der Waals surface area contributed by atoms with Gasteiger partial charge in [0, 0.05) is 10.6 Å². The van der Waals surface area contributed by atoms with E-state index in [0.717, 1.165) is 27.4 Å². The molecule has 0 radical (unpaired) electrons. The second kappa shape index (κ2) is 8.22. The Kier molecular flexibility index (Phi) is 6.29. The average molecular weight is 358 g/mol. The third kappa shape index (κ3) is 4.11. The van der Waals surface area contributed by atoms with Crippen molar-refractivity contribution in [1.29, 1.82) is 5.26 Å². The minimum absolute atomic E-state index is 0.108. The summed E-state index contributed by atoms with van der Waals surface area (Å²) in [6.07, 6.45) is 1.97. The molecule has 1 N–H and O–H groups in total. The normalized spacial score (nSPS) is 10.3. The molecule has 0 aliphatic heterocycles. The van der Waals surface area contributed by atoms with Crippen molar-refractivity contribution in [3.8, 4) is 6.07 Å². The maximum Gasteiger partial charge on any atom is 0.234 e. The molecule has 0 saturated carbocycles. The Morgan fingerprint density at radius 3 is 2.62 bits per heavy atom. The second-order valence-electron chi connectivity index (χ2n) is 5.28. The molecule has 0 bridgehead atoms. The number of carbonyl (C=O) groups is 1. The van der Waals surface area contributed by atoms with Gasteiger partial charge in [0.2, 0.25) is 5.91 Å². The molecule has 1 heterocycles. The number of para-hydroxylation sites is 1. The van der Waals surface area contributed by atoms with Crippen molar-refractivity contribution >= 4 is 35.1 Å². The lowest BCUT2D eigenvalue weighted by Gasteiger charge is -2.12. The molecule has 0 fully saturated rings. The summed E-state index contributed by atoms with van der Waals surface area (Å²) in [5, 5.41) is 12.9. The van der Waals surface area contributed by atoms with E-state index in [1.807, 2.05) is 51.3 Å². The zero-order valence-corrected chi connectivity index (χ0v) is 15.8. The third-order valence-corrected chi connectivity index (χ3v) is 5.57. The van der Waals surface area contributed by atoms with Crippen LogP contribution in [-0.2, 0) is 4.79 Å². The van der Waals surface area contributed by atoms with E-state index in [0.29, 0.717) is 10.6 Å². The van der Waals surface area contributed by atoms with Crippen LogP contribution in [0.5, 0.6) is 0 Å². The predicted octanol–water partition coefficient (Wildman–Crippen LogP) is 4.33. The predicted molar refractivity (Wildman–Crippen MR) is 101 cm³/mol. The van der Waals surface area contributed by atoms with Gasteiger partial charge in [-0.2, -0.15) is 5.26 Å². The maximum atomic E-state index is 12.2. The number of amides is 1. The molecular weight excluding hydrogens is 338 g/mol. The lowest BCUT2D eigenvalue weighted by atomic mass is 10.1. The Balaban J connectivity index is 2.11. The number of nitriles is 1. The Morgan fingerprint density at radius 2 is 1.96 bits per heavy atom. The fourth-order valence-electron chi connectivity index (χ4n) is 2.22. The van der Waals surface area contributed by atoms with Crippen molar-refractivity contribution in [2.75, 3.05) is 17.3 Å². The van der Waals surface area contributed by atoms with Crippen molar-refractivity contribution in [2.45, 2.75) is 30.7 Å². The van der Waals surface area contributed by atoms with E-state index >= 15 is 0 Å². The van der Waals surface area contributed by atoms with Gasteiger partial charge in [-0.1, -0.05) is 23.9 Å². The fourth-order valence-corrected chi connectivity index (χ4v) is 3.65. The van der Waals surface area contributed by atoms with Gasteiger partial charge in [0.1, 0.15) is 11.1 Å². The minimum Gasteiger partial charge on any atom is -0.324 e. The molecule has 2 rings (SSSR count). The van der Waals surface area contributed by atoms with E-state index in [4.69, 9.17) is 0 Å². The zero-order chi connectivity index (χ0) is 17.7. The highest BCUT2D eigenvalue weighted by atomic mass is 32.2. The molecular formula is C18H19N3OS2. The Bertz CT molecular complexity index is 813. The van der Waals surface area contributed by atoms with E-state index in [1.54, 1.807) is 11.8 Å². The molecule has 2 aromatic rings. The summed E-state index contributed by atoms with van der Waals surface area (Å²) in [6, 6.07) is 9.89. The third-order valence-electron chi connectivity index (χ3n) is 3.80. The molecule has 0 aliphatic carbocycles. The number of carbonyl (C=O) groups excluding carboxylic acids is 1. The lowest BCUT2D eigenvalue weighted by molar-refractivity contribution is -0.113. The summed E-state index contributed by atoms with van der Waals surface area (Å²) in [5.41, 5.74) is 4.21. The highest BCUT2D eigenvalue weighted by Gasteiger charge is 2.14. The number of hydrogen-bond donors (Lipinski definition) is 1. The van der Waals surface area contributed by atoms with Crippen LogP contribution in [0.1, 0.15) is 22.4 Å². The van der Waals surface area contributed by atoms with Crippen LogP contribution in [0.4, 0.5) is 5.69 Å². The van der Waals surface area contributed by atoms with Crippen LogP contribution in [0.3, 0.4) is 0 Å². The summed E-state index contributed by atoms with van der Waals surface area (Å²) >= 11 is 2.88. The Morgan fingerprint density at radius 1 is 1.25 bits per heavy atom. The van der Waals surface area contributed by atoms with Gasteiger partial charge in [-0.05, 0) is 50.3 Å². The number of hydrogen-bond acceptors (Lipinski definition) is 5.